The van der Waals surface area contributed by atoms with E-state index in [-0.39, 0.29) is 5.91 Å². The maximum Gasteiger partial charge on any atom is 0.297 e. The van der Waals surface area contributed by atoms with Gasteiger partial charge in [0, 0.05) is 0 Å². The topological polar surface area (TPSA) is 41.8 Å². The summed E-state index contributed by atoms with van der Waals surface area (Å²) in [4.78, 5) is 12.3. The van der Waals surface area contributed by atoms with Gasteiger partial charge in [-0.05, 0) is 49.5 Å². The number of azo groups is 1. The number of hydrogen-bond acceptors (Lipinski definition) is 2. The van der Waals surface area contributed by atoms with Gasteiger partial charge in [-0.25, -0.2) is 0 Å². The van der Waals surface area contributed by atoms with Gasteiger partial charge in [-0.2, -0.15) is 5.11 Å². The highest BCUT2D eigenvalue weighted by molar-refractivity contribution is 6.22. The second-order valence-corrected chi connectivity index (χ2v) is 11.1. The van der Waals surface area contributed by atoms with E-state index in [9.17, 15) is 4.79 Å². The minimum Gasteiger partial charge on any atom is -0.265 e. The Morgan fingerprint density at radius 2 is 1.42 bits per heavy atom. The molecule has 1 amide bonds. The van der Waals surface area contributed by atoms with Crippen molar-refractivity contribution in [1.82, 2.24) is 0 Å². The number of allylic oxidation sites excluding steroid dienone is 1. The van der Waals surface area contributed by atoms with Crippen molar-refractivity contribution in [3.05, 3.63) is 41.1 Å². The Balaban J connectivity index is 1.76. The highest BCUT2D eigenvalue weighted by atomic mass is 16.2. The zero-order valence-corrected chi connectivity index (χ0v) is 22.1. The molecule has 1 aromatic rings. The summed E-state index contributed by atoms with van der Waals surface area (Å²) in [6, 6.07) is 8.12. The van der Waals surface area contributed by atoms with Crippen LogP contribution < -0.4 is 0 Å². The number of rotatable bonds is 16. The van der Waals surface area contributed by atoms with Crippen molar-refractivity contribution in [1.29, 1.82) is 0 Å². The molecule has 1 heterocycles. The SMILES string of the molecule is CCCCCCCCCCCCC(CCCC1=C(c2cccc(C)c2)C(=O)N=N1)C(C)(C)C. The number of carbonyl (C=O) groups excluding carboxylic acids is 1. The van der Waals surface area contributed by atoms with E-state index in [1.165, 1.54) is 77.0 Å². The second-order valence-electron chi connectivity index (χ2n) is 11.1. The molecule has 33 heavy (non-hydrogen) atoms. The lowest BCUT2D eigenvalue weighted by atomic mass is 9.75. The largest absolute Gasteiger partial charge is 0.297 e. The molecule has 0 bridgehead atoms. The van der Waals surface area contributed by atoms with Gasteiger partial charge in [-0.1, -0.05) is 122 Å². The Morgan fingerprint density at radius 1 is 0.818 bits per heavy atom. The van der Waals surface area contributed by atoms with Crippen LogP contribution in [-0.2, 0) is 4.79 Å². The Labute approximate surface area is 203 Å². The molecule has 3 heteroatoms. The van der Waals surface area contributed by atoms with Crippen molar-refractivity contribution in [2.45, 2.75) is 125 Å². The van der Waals surface area contributed by atoms with E-state index in [4.69, 9.17) is 0 Å². The summed E-state index contributed by atoms with van der Waals surface area (Å²) in [7, 11) is 0. The third-order valence-electron chi connectivity index (χ3n) is 7.17. The molecule has 1 aliphatic heterocycles. The lowest BCUT2D eigenvalue weighted by Crippen LogP contribution is -2.20. The number of aryl methyl sites for hydroxylation is 1. The zero-order chi connectivity index (χ0) is 24.1. The number of carbonyl (C=O) groups is 1. The van der Waals surface area contributed by atoms with E-state index in [0.29, 0.717) is 16.9 Å². The standard InChI is InChI=1S/C30H48N2O/c1-6-7-8-9-10-11-12-13-14-15-20-26(30(3,4)5)21-17-22-27-28(29(33)32-31-27)25-19-16-18-24(2)23-25/h16,18-19,23,26H,6-15,17,20-22H2,1-5H3. The van der Waals surface area contributed by atoms with Crippen LogP contribution in [0.4, 0.5) is 0 Å². The van der Waals surface area contributed by atoms with Crippen molar-refractivity contribution in [3.8, 4) is 0 Å². The van der Waals surface area contributed by atoms with Crippen molar-refractivity contribution in [2.24, 2.45) is 21.6 Å². The van der Waals surface area contributed by atoms with Gasteiger partial charge in [-0.15, -0.1) is 5.11 Å². The van der Waals surface area contributed by atoms with Gasteiger partial charge in [0.25, 0.3) is 5.91 Å². The molecule has 1 atom stereocenters. The summed E-state index contributed by atoms with van der Waals surface area (Å²) in [5.74, 6) is 0.525. The highest BCUT2D eigenvalue weighted by Crippen LogP contribution is 2.36. The molecular weight excluding hydrogens is 404 g/mol. The average molecular weight is 453 g/mol. The third kappa shape index (κ3) is 9.94. The molecule has 3 nitrogen and oxygen atoms in total. The summed E-state index contributed by atoms with van der Waals surface area (Å²) < 4.78 is 0. The van der Waals surface area contributed by atoms with Gasteiger partial charge < -0.3 is 0 Å². The lowest BCUT2D eigenvalue weighted by molar-refractivity contribution is -0.112. The third-order valence-corrected chi connectivity index (χ3v) is 7.17. The quantitative estimate of drug-likeness (QED) is 0.230. The number of nitrogens with zero attached hydrogens (tertiary/aromatic N) is 2. The molecule has 0 fully saturated rings. The first-order chi connectivity index (χ1) is 15.8. The van der Waals surface area contributed by atoms with Crippen molar-refractivity contribution in [3.63, 3.8) is 0 Å². The Hall–Kier alpha value is -1.77. The Kier molecular flexibility index (Phi) is 12.1. The Bertz CT molecular complexity index is 785. The molecule has 0 saturated carbocycles. The Morgan fingerprint density at radius 3 is 2.03 bits per heavy atom. The summed E-state index contributed by atoms with van der Waals surface area (Å²) in [5, 5.41) is 8.11. The van der Waals surface area contributed by atoms with Crippen LogP contribution >= 0.6 is 0 Å². The zero-order valence-electron chi connectivity index (χ0n) is 22.1. The van der Waals surface area contributed by atoms with Crippen LogP contribution in [0.1, 0.15) is 129 Å². The van der Waals surface area contributed by atoms with E-state index in [0.717, 1.165) is 29.7 Å². The van der Waals surface area contributed by atoms with Crippen LogP contribution in [0.2, 0.25) is 0 Å². The molecule has 184 valence electrons. The smallest absolute Gasteiger partial charge is 0.265 e. The van der Waals surface area contributed by atoms with Crippen LogP contribution in [0.3, 0.4) is 0 Å². The fourth-order valence-electron chi connectivity index (χ4n) is 5.00. The minimum atomic E-state index is -0.187. The predicted molar refractivity (Wildman–Crippen MR) is 141 cm³/mol. The maximum absolute atomic E-state index is 12.3. The normalized spacial score (nSPS) is 15.0. The molecule has 1 aromatic carbocycles. The van der Waals surface area contributed by atoms with Crippen LogP contribution in [0.15, 0.2) is 40.2 Å². The number of amides is 1. The molecular formula is C30H48N2O. The van der Waals surface area contributed by atoms with Crippen LogP contribution in [0.5, 0.6) is 0 Å². The van der Waals surface area contributed by atoms with Crippen LogP contribution in [-0.4, -0.2) is 5.91 Å². The van der Waals surface area contributed by atoms with E-state index >= 15 is 0 Å². The second kappa shape index (κ2) is 14.5. The summed E-state index contributed by atoms with van der Waals surface area (Å²) in [6.45, 7) is 11.5. The molecule has 0 spiro atoms. The summed E-state index contributed by atoms with van der Waals surface area (Å²) >= 11 is 0. The van der Waals surface area contributed by atoms with Crippen molar-refractivity contribution in [2.75, 3.05) is 0 Å². The number of unbranched alkanes of at least 4 members (excludes halogenated alkanes) is 9. The van der Waals surface area contributed by atoms with E-state index < -0.39 is 0 Å². The summed E-state index contributed by atoms with van der Waals surface area (Å²) in [5.41, 5.74) is 4.01. The van der Waals surface area contributed by atoms with E-state index in [1.54, 1.807) is 0 Å². The number of benzene rings is 1. The van der Waals surface area contributed by atoms with Gasteiger partial charge in [0.2, 0.25) is 0 Å². The number of hydrogen-bond donors (Lipinski definition) is 0. The fraction of sp³-hybridized carbons (Fsp3) is 0.700. The average Bonchev–Trinajstić information content (AvgIpc) is 3.13. The molecule has 0 aromatic heterocycles. The highest BCUT2D eigenvalue weighted by Gasteiger charge is 2.26. The van der Waals surface area contributed by atoms with E-state index in [1.807, 2.05) is 12.1 Å². The lowest BCUT2D eigenvalue weighted by Gasteiger charge is -2.31. The molecule has 0 aliphatic carbocycles. The van der Waals surface area contributed by atoms with E-state index in [2.05, 4.69) is 57.0 Å². The summed E-state index contributed by atoms with van der Waals surface area (Å²) in [6.07, 6.45) is 18.3. The molecule has 0 N–H and O–H groups in total. The first-order valence-corrected chi connectivity index (χ1v) is 13.6. The van der Waals surface area contributed by atoms with Crippen molar-refractivity contribution < 1.29 is 4.79 Å². The molecule has 1 aliphatic rings. The van der Waals surface area contributed by atoms with Crippen LogP contribution in [0, 0.1) is 18.3 Å². The van der Waals surface area contributed by atoms with Gasteiger partial charge in [0.15, 0.2) is 0 Å². The molecule has 1 unspecified atom stereocenters. The van der Waals surface area contributed by atoms with Gasteiger partial charge in [-0.3, -0.25) is 4.79 Å². The predicted octanol–water partition coefficient (Wildman–Crippen LogP) is 9.84. The van der Waals surface area contributed by atoms with Gasteiger partial charge in [0.05, 0.1) is 11.3 Å². The van der Waals surface area contributed by atoms with Crippen LogP contribution in [0.25, 0.3) is 5.57 Å². The van der Waals surface area contributed by atoms with Gasteiger partial charge >= 0.3 is 0 Å². The first-order valence-electron chi connectivity index (χ1n) is 13.6. The molecule has 0 saturated heterocycles. The maximum atomic E-state index is 12.3. The fourth-order valence-corrected chi connectivity index (χ4v) is 5.00. The monoisotopic (exact) mass is 452 g/mol. The van der Waals surface area contributed by atoms with Gasteiger partial charge in [0.1, 0.15) is 0 Å². The van der Waals surface area contributed by atoms with Crippen molar-refractivity contribution >= 4 is 11.5 Å². The molecule has 0 radical (unpaired) electrons. The first kappa shape index (κ1) is 27.5. The minimum absolute atomic E-state index is 0.187. The molecule has 2 rings (SSSR count).